The second kappa shape index (κ2) is 14.2. The number of nitrogens with one attached hydrogen (secondary N) is 1. The van der Waals surface area contributed by atoms with Crippen molar-refractivity contribution in [1.29, 1.82) is 0 Å². The van der Waals surface area contributed by atoms with Crippen LogP contribution >= 0.6 is 11.6 Å². The zero-order valence-electron chi connectivity index (χ0n) is 29.8. The van der Waals surface area contributed by atoms with Crippen LogP contribution in [0, 0.1) is 17.8 Å². The van der Waals surface area contributed by atoms with Crippen LogP contribution in [0.2, 0.25) is 5.15 Å². The van der Waals surface area contributed by atoms with Gasteiger partial charge in [-0.25, -0.2) is 19.9 Å². The number of hydrogen-bond acceptors (Lipinski definition) is 7. The zero-order chi connectivity index (χ0) is 36.6. The van der Waals surface area contributed by atoms with Crippen molar-refractivity contribution >= 4 is 34.6 Å². The van der Waals surface area contributed by atoms with Crippen LogP contribution in [0.4, 0.5) is 5.82 Å². The number of rotatable bonds is 9. The molecule has 4 aromatic carbocycles. The lowest BCUT2D eigenvalue weighted by atomic mass is 9.61. The first-order valence-corrected chi connectivity index (χ1v) is 18.9. The first-order chi connectivity index (χ1) is 26.5. The lowest BCUT2D eigenvalue weighted by Crippen LogP contribution is -2.51. The number of nitrogens with zero attached hydrogens (tertiary/aromatic N) is 5. The van der Waals surface area contributed by atoms with Crippen molar-refractivity contribution in [3.8, 4) is 22.6 Å². The zero-order valence-corrected chi connectivity index (χ0v) is 30.6. The molecule has 0 saturated heterocycles. The highest BCUT2D eigenvalue weighted by Crippen LogP contribution is 2.48. The Morgan fingerprint density at radius 1 is 0.759 bits per heavy atom. The molecule has 0 aliphatic heterocycles. The Labute approximate surface area is 319 Å². The third kappa shape index (κ3) is 5.82. The predicted octanol–water partition coefficient (Wildman–Crippen LogP) is 9.44. The summed E-state index contributed by atoms with van der Waals surface area (Å²) in [5.74, 6) is 1.33. The van der Waals surface area contributed by atoms with E-state index in [2.05, 4.69) is 88.9 Å². The molecule has 3 fully saturated rings. The van der Waals surface area contributed by atoms with Crippen molar-refractivity contribution in [3.05, 3.63) is 162 Å². The molecule has 2 atom stereocenters. The molecule has 3 heterocycles. The number of methoxy groups -OCH3 is 1. The molecule has 3 saturated carbocycles. The Kier molecular flexibility index (Phi) is 8.91. The summed E-state index contributed by atoms with van der Waals surface area (Å²) in [4.78, 5) is 33.6. The van der Waals surface area contributed by atoms with E-state index in [-0.39, 0.29) is 29.0 Å². The minimum Gasteiger partial charge on any atom is -0.469 e. The molecular weight excluding hydrogens is 692 g/mol. The fourth-order valence-electron chi connectivity index (χ4n) is 9.05. The Morgan fingerprint density at radius 3 is 1.89 bits per heavy atom. The average molecular weight is 731 g/mol. The maximum absolute atomic E-state index is 13.2. The van der Waals surface area contributed by atoms with Crippen molar-refractivity contribution in [2.75, 3.05) is 12.4 Å². The molecule has 2 bridgehead atoms. The van der Waals surface area contributed by atoms with E-state index in [1.54, 1.807) is 6.20 Å². The molecule has 0 radical (unpaired) electrons. The van der Waals surface area contributed by atoms with Crippen LogP contribution in [0.3, 0.4) is 0 Å². The molecule has 0 amide bonds. The molecule has 9 heteroatoms. The minimum absolute atomic E-state index is 0.103. The van der Waals surface area contributed by atoms with Gasteiger partial charge in [0, 0.05) is 23.9 Å². The fourth-order valence-corrected chi connectivity index (χ4v) is 9.18. The number of carbonyl (C=O) groups is 1. The summed E-state index contributed by atoms with van der Waals surface area (Å²) < 4.78 is 7.55. The van der Waals surface area contributed by atoms with E-state index in [0.29, 0.717) is 34.3 Å². The van der Waals surface area contributed by atoms with E-state index in [1.165, 1.54) is 7.11 Å². The maximum Gasteiger partial charge on any atom is 0.311 e. The summed E-state index contributed by atoms with van der Waals surface area (Å²) >= 11 is 6.66. The molecule has 8 nitrogen and oxygen atoms in total. The van der Waals surface area contributed by atoms with Gasteiger partial charge >= 0.3 is 5.97 Å². The van der Waals surface area contributed by atoms with Gasteiger partial charge in [0.15, 0.2) is 11.5 Å². The number of hydrogen-bond donors (Lipinski definition) is 1. The normalized spacial score (nSPS) is 19.4. The van der Waals surface area contributed by atoms with Crippen LogP contribution in [0.1, 0.15) is 42.4 Å². The second-order valence-electron chi connectivity index (χ2n) is 14.3. The predicted molar refractivity (Wildman–Crippen MR) is 212 cm³/mol. The van der Waals surface area contributed by atoms with Crippen molar-refractivity contribution in [2.45, 2.75) is 37.3 Å². The number of ether oxygens (including phenoxy) is 1. The molecule has 3 aliphatic carbocycles. The van der Waals surface area contributed by atoms with Crippen molar-refractivity contribution in [1.82, 2.24) is 24.5 Å². The summed E-state index contributed by atoms with van der Waals surface area (Å²) in [6, 6.07) is 43.4. The van der Waals surface area contributed by atoms with Crippen molar-refractivity contribution < 1.29 is 9.53 Å². The van der Waals surface area contributed by atoms with Gasteiger partial charge in [-0.2, -0.15) is 0 Å². The number of esters is 1. The molecule has 3 aromatic heterocycles. The molecular formula is C45H39ClN6O2. The SMILES string of the molecule is COC(=O)C1C2CCC(CC2)C1Nc1cc(-c2ccccc2)nc(-c2cn(C(c3ccccc3)(c3ccccc3)c3ccccc3)c3ncc(Cl)nc23)n1. The highest BCUT2D eigenvalue weighted by Gasteiger charge is 2.48. The first-order valence-electron chi connectivity index (χ1n) is 18.5. The topological polar surface area (TPSA) is 94.8 Å². The van der Waals surface area contributed by atoms with E-state index >= 15 is 0 Å². The smallest absolute Gasteiger partial charge is 0.311 e. The van der Waals surface area contributed by atoms with Gasteiger partial charge in [-0.05, 0) is 54.2 Å². The summed E-state index contributed by atoms with van der Waals surface area (Å²) in [6.45, 7) is 0. The van der Waals surface area contributed by atoms with Gasteiger partial charge in [-0.15, -0.1) is 0 Å². The van der Waals surface area contributed by atoms with E-state index in [4.69, 9.17) is 36.3 Å². The fraction of sp³-hybridized carbons (Fsp3) is 0.222. The van der Waals surface area contributed by atoms with Crippen LogP contribution in [0.25, 0.3) is 33.8 Å². The maximum atomic E-state index is 13.2. The van der Waals surface area contributed by atoms with Gasteiger partial charge in [0.1, 0.15) is 22.0 Å². The lowest BCUT2D eigenvalue weighted by molar-refractivity contribution is -0.152. The number of benzene rings is 4. The number of halogens is 1. The van der Waals surface area contributed by atoms with Crippen molar-refractivity contribution in [3.63, 3.8) is 0 Å². The van der Waals surface area contributed by atoms with E-state index in [9.17, 15) is 4.79 Å². The van der Waals surface area contributed by atoms with Crippen LogP contribution in [0.5, 0.6) is 0 Å². The molecule has 2 unspecified atom stereocenters. The molecule has 1 N–H and O–H groups in total. The molecule has 268 valence electrons. The third-order valence-corrected chi connectivity index (χ3v) is 11.6. The van der Waals surface area contributed by atoms with E-state index in [0.717, 1.165) is 53.6 Å². The Balaban J connectivity index is 1.29. The quantitative estimate of drug-likeness (QED) is 0.117. The van der Waals surface area contributed by atoms with Crippen LogP contribution in [-0.2, 0) is 15.1 Å². The molecule has 3 aliphatic rings. The Hall–Kier alpha value is -5.86. The average Bonchev–Trinajstić information content (AvgIpc) is 3.61. The highest BCUT2D eigenvalue weighted by atomic mass is 35.5. The number of carbonyl (C=O) groups excluding carboxylic acids is 1. The minimum atomic E-state index is -0.865. The van der Waals surface area contributed by atoms with Crippen LogP contribution in [-0.4, -0.2) is 43.6 Å². The van der Waals surface area contributed by atoms with Crippen molar-refractivity contribution in [2.24, 2.45) is 17.8 Å². The molecule has 54 heavy (non-hydrogen) atoms. The highest BCUT2D eigenvalue weighted by molar-refractivity contribution is 6.29. The largest absolute Gasteiger partial charge is 0.469 e. The van der Waals surface area contributed by atoms with Gasteiger partial charge < -0.3 is 14.6 Å². The van der Waals surface area contributed by atoms with Gasteiger partial charge in [-0.1, -0.05) is 133 Å². The summed E-state index contributed by atoms with van der Waals surface area (Å²) in [6.07, 6.45) is 7.88. The van der Waals surface area contributed by atoms with Gasteiger partial charge in [0.05, 0.1) is 30.5 Å². The third-order valence-electron chi connectivity index (χ3n) is 11.4. The molecule has 7 aromatic rings. The van der Waals surface area contributed by atoms with Gasteiger partial charge in [-0.3, -0.25) is 4.79 Å². The molecule has 0 spiro atoms. The van der Waals surface area contributed by atoms with E-state index < -0.39 is 5.54 Å². The first kappa shape index (κ1) is 33.9. The number of fused-ring (bicyclic) bond motifs is 4. The van der Waals surface area contributed by atoms with Gasteiger partial charge in [0.2, 0.25) is 0 Å². The van der Waals surface area contributed by atoms with E-state index in [1.807, 2.05) is 54.6 Å². The summed E-state index contributed by atoms with van der Waals surface area (Å²) in [5, 5.41) is 4.02. The summed E-state index contributed by atoms with van der Waals surface area (Å²) in [5.41, 5.74) is 5.85. The number of aromatic nitrogens is 5. The van der Waals surface area contributed by atoms with Crippen LogP contribution < -0.4 is 5.32 Å². The standard InChI is InChI=1S/C45H39ClN6O2/c1-54-44(53)39-30-22-24-31(25-23-30)40(39)50-38-26-36(29-14-6-2-7-15-29)48-42(51-38)35-28-52(43-41(35)49-37(46)27-47-43)45(32-16-8-3-9-17-32,33-18-10-4-11-19-33)34-20-12-5-13-21-34/h2-21,26-28,30-31,39-40H,22-25H2,1H3,(H,48,50,51). The number of anilines is 1. The Morgan fingerprint density at radius 2 is 1.31 bits per heavy atom. The summed E-state index contributed by atoms with van der Waals surface area (Å²) in [7, 11) is 1.49. The van der Waals surface area contributed by atoms with Crippen LogP contribution in [0.15, 0.2) is 140 Å². The van der Waals surface area contributed by atoms with Gasteiger partial charge in [0.25, 0.3) is 0 Å². The monoisotopic (exact) mass is 730 g/mol. The second-order valence-corrected chi connectivity index (χ2v) is 14.7. The molecule has 10 rings (SSSR count). The lowest BCUT2D eigenvalue weighted by Gasteiger charge is -2.47. The Bertz CT molecular complexity index is 2320.